The fourth-order valence-corrected chi connectivity index (χ4v) is 3.62. The van der Waals surface area contributed by atoms with Crippen molar-refractivity contribution in [2.24, 2.45) is 0 Å². The van der Waals surface area contributed by atoms with E-state index in [0.717, 1.165) is 34.5 Å². The van der Waals surface area contributed by atoms with Crippen LogP contribution in [0, 0.1) is 11.8 Å². The molecule has 1 aliphatic rings. The van der Waals surface area contributed by atoms with Gasteiger partial charge in [0.05, 0.1) is 12.8 Å². The standard InChI is InChI=1S/C26H24N2O2/c1-27-25-16-13-21(10-6-9-20-7-4-3-5-8-20)17-23(25)19-28(26(27)29)18-22-11-14-24(30-2)15-12-22/h3-5,7-8,11-17H,9,18-19H2,1-2H3. The average Bonchev–Trinajstić information content (AvgIpc) is 2.78. The molecule has 0 aromatic heterocycles. The Morgan fingerprint density at radius 1 is 0.967 bits per heavy atom. The second-order valence-corrected chi connectivity index (χ2v) is 7.35. The van der Waals surface area contributed by atoms with Gasteiger partial charge in [-0.25, -0.2) is 4.79 Å². The van der Waals surface area contributed by atoms with Gasteiger partial charge in [-0.15, -0.1) is 0 Å². The Balaban J connectivity index is 1.51. The van der Waals surface area contributed by atoms with E-state index in [1.165, 1.54) is 5.56 Å². The molecule has 4 nitrogen and oxygen atoms in total. The fourth-order valence-electron chi connectivity index (χ4n) is 3.62. The van der Waals surface area contributed by atoms with Crippen LogP contribution in [0.5, 0.6) is 5.75 Å². The third kappa shape index (κ3) is 4.31. The summed E-state index contributed by atoms with van der Waals surface area (Å²) in [6.07, 6.45) is 0.722. The average molecular weight is 396 g/mol. The fraction of sp³-hybridized carbons (Fsp3) is 0.192. The van der Waals surface area contributed by atoms with Crippen molar-refractivity contribution in [3.8, 4) is 17.6 Å². The van der Waals surface area contributed by atoms with Crippen LogP contribution in [0.1, 0.15) is 22.3 Å². The van der Waals surface area contributed by atoms with E-state index in [-0.39, 0.29) is 6.03 Å². The molecule has 0 aliphatic carbocycles. The number of benzene rings is 3. The number of anilines is 1. The predicted octanol–water partition coefficient (Wildman–Crippen LogP) is 4.86. The van der Waals surface area contributed by atoms with E-state index in [1.807, 2.05) is 66.5 Å². The van der Waals surface area contributed by atoms with Gasteiger partial charge in [0.15, 0.2) is 0 Å². The highest BCUT2D eigenvalue weighted by atomic mass is 16.5. The molecule has 30 heavy (non-hydrogen) atoms. The molecule has 0 N–H and O–H groups in total. The van der Waals surface area contributed by atoms with Crippen molar-refractivity contribution in [3.63, 3.8) is 0 Å². The molecule has 0 spiro atoms. The maximum atomic E-state index is 12.8. The molecule has 0 unspecified atom stereocenters. The molecular formula is C26H24N2O2. The van der Waals surface area contributed by atoms with Crippen molar-refractivity contribution in [1.82, 2.24) is 4.90 Å². The van der Waals surface area contributed by atoms with Gasteiger partial charge in [0, 0.05) is 32.1 Å². The van der Waals surface area contributed by atoms with E-state index >= 15 is 0 Å². The van der Waals surface area contributed by atoms with Gasteiger partial charge in [-0.1, -0.05) is 54.3 Å². The minimum atomic E-state index is 0.00114. The Morgan fingerprint density at radius 3 is 2.47 bits per heavy atom. The Hall–Kier alpha value is -3.71. The lowest BCUT2D eigenvalue weighted by molar-refractivity contribution is 0.197. The number of carbonyl (C=O) groups excluding carboxylic acids is 1. The second kappa shape index (κ2) is 8.75. The summed E-state index contributed by atoms with van der Waals surface area (Å²) in [6.45, 7) is 1.12. The lowest BCUT2D eigenvalue weighted by Crippen LogP contribution is -2.44. The lowest BCUT2D eigenvalue weighted by atomic mass is 10.0. The summed E-state index contributed by atoms with van der Waals surface area (Å²) in [6, 6.07) is 24.1. The van der Waals surface area contributed by atoms with Gasteiger partial charge in [0.1, 0.15) is 5.75 Å². The quantitative estimate of drug-likeness (QED) is 0.590. The molecule has 0 saturated carbocycles. The molecule has 0 bridgehead atoms. The van der Waals surface area contributed by atoms with Crippen LogP contribution in [0.2, 0.25) is 0 Å². The minimum Gasteiger partial charge on any atom is -0.497 e. The van der Waals surface area contributed by atoms with E-state index in [0.29, 0.717) is 13.1 Å². The van der Waals surface area contributed by atoms with Gasteiger partial charge in [-0.05, 0) is 47.0 Å². The van der Waals surface area contributed by atoms with E-state index in [1.54, 1.807) is 12.0 Å². The maximum Gasteiger partial charge on any atom is 0.324 e. The summed E-state index contributed by atoms with van der Waals surface area (Å²) in [5.74, 6) is 7.32. The Kier molecular flexibility index (Phi) is 5.72. The first kappa shape index (κ1) is 19.6. The van der Waals surface area contributed by atoms with E-state index in [2.05, 4.69) is 30.0 Å². The number of methoxy groups -OCH3 is 1. The Bertz CT molecular complexity index is 1100. The highest BCUT2D eigenvalue weighted by molar-refractivity contribution is 5.94. The smallest absolute Gasteiger partial charge is 0.324 e. The second-order valence-electron chi connectivity index (χ2n) is 7.35. The number of ether oxygens (including phenoxy) is 1. The zero-order chi connectivity index (χ0) is 20.9. The largest absolute Gasteiger partial charge is 0.497 e. The minimum absolute atomic E-state index is 0.00114. The first-order valence-electron chi connectivity index (χ1n) is 9.95. The van der Waals surface area contributed by atoms with Crippen molar-refractivity contribution in [2.45, 2.75) is 19.5 Å². The molecule has 3 aromatic rings. The molecule has 1 aliphatic heterocycles. The Labute approximate surface area is 177 Å². The molecule has 0 saturated heterocycles. The lowest BCUT2D eigenvalue weighted by Gasteiger charge is -2.35. The first-order chi connectivity index (χ1) is 14.6. The summed E-state index contributed by atoms with van der Waals surface area (Å²) in [5.41, 5.74) is 5.30. The Morgan fingerprint density at radius 2 is 1.73 bits per heavy atom. The van der Waals surface area contributed by atoms with Gasteiger partial charge in [-0.3, -0.25) is 4.90 Å². The molecule has 0 atom stereocenters. The van der Waals surface area contributed by atoms with Crippen LogP contribution >= 0.6 is 0 Å². The van der Waals surface area contributed by atoms with E-state index in [4.69, 9.17) is 4.74 Å². The monoisotopic (exact) mass is 396 g/mol. The van der Waals surface area contributed by atoms with Crippen LogP contribution in [0.15, 0.2) is 72.8 Å². The van der Waals surface area contributed by atoms with Gasteiger partial charge in [0.25, 0.3) is 0 Å². The third-order valence-electron chi connectivity index (χ3n) is 5.26. The van der Waals surface area contributed by atoms with Gasteiger partial charge in [0.2, 0.25) is 0 Å². The molecule has 4 heteroatoms. The molecule has 1 heterocycles. The number of urea groups is 1. The topological polar surface area (TPSA) is 32.8 Å². The summed E-state index contributed by atoms with van der Waals surface area (Å²) < 4.78 is 5.22. The first-order valence-corrected chi connectivity index (χ1v) is 9.95. The zero-order valence-electron chi connectivity index (χ0n) is 17.3. The van der Waals surface area contributed by atoms with Crippen molar-refractivity contribution in [3.05, 3.63) is 95.1 Å². The predicted molar refractivity (Wildman–Crippen MR) is 120 cm³/mol. The highest BCUT2D eigenvalue weighted by Crippen LogP contribution is 2.29. The molecule has 4 rings (SSSR count). The summed E-state index contributed by atoms with van der Waals surface area (Å²) in [5, 5.41) is 0. The number of fused-ring (bicyclic) bond motifs is 1. The van der Waals surface area contributed by atoms with E-state index in [9.17, 15) is 4.79 Å². The van der Waals surface area contributed by atoms with Crippen LogP contribution in [0.4, 0.5) is 10.5 Å². The van der Waals surface area contributed by atoms with Crippen molar-refractivity contribution in [2.75, 3.05) is 19.1 Å². The molecule has 3 aromatic carbocycles. The molecule has 2 amide bonds. The van der Waals surface area contributed by atoms with Crippen LogP contribution in [-0.4, -0.2) is 25.1 Å². The third-order valence-corrected chi connectivity index (χ3v) is 5.26. The number of amides is 2. The van der Waals surface area contributed by atoms with Crippen LogP contribution in [-0.2, 0) is 19.5 Å². The SMILES string of the molecule is COc1ccc(CN2Cc3cc(C#CCc4ccccc4)ccc3N(C)C2=O)cc1. The van der Waals surface area contributed by atoms with Gasteiger partial charge >= 0.3 is 6.03 Å². The van der Waals surface area contributed by atoms with Crippen molar-refractivity contribution < 1.29 is 9.53 Å². The van der Waals surface area contributed by atoms with E-state index < -0.39 is 0 Å². The van der Waals surface area contributed by atoms with Gasteiger partial charge < -0.3 is 9.64 Å². The molecule has 0 fully saturated rings. The summed E-state index contributed by atoms with van der Waals surface area (Å²) in [4.78, 5) is 16.4. The van der Waals surface area contributed by atoms with Crippen LogP contribution in [0.3, 0.4) is 0 Å². The maximum absolute atomic E-state index is 12.8. The molecule has 150 valence electrons. The van der Waals surface area contributed by atoms with Gasteiger partial charge in [-0.2, -0.15) is 0 Å². The summed E-state index contributed by atoms with van der Waals surface area (Å²) >= 11 is 0. The highest BCUT2D eigenvalue weighted by Gasteiger charge is 2.27. The molecule has 0 radical (unpaired) electrons. The summed E-state index contributed by atoms with van der Waals surface area (Å²) in [7, 11) is 3.47. The zero-order valence-corrected chi connectivity index (χ0v) is 17.3. The molecular weight excluding hydrogens is 372 g/mol. The van der Waals surface area contributed by atoms with Crippen molar-refractivity contribution >= 4 is 11.7 Å². The number of rotatable bonds is 4. The number of hydrogen-bond acceptors (Lipinski definition) is 2. The normalized spacial score (nSPS) is 12.8. The number of carbonyl (C=O) groups is 1. The van der Waals surface area contributed by atoms with Crippen molar-refractivity contribution in [1.29, 1.82) is 0 Å². The number of hydrogen-bond donors (Lipinski definition) is 0. The van der Waals surface area contributed by atoms with Crippen LogP contribution < -0.4 is 9.64 Å². The number of nitrogens with zero attached hydrogens (tertiary/aromatic N) is 2. The van der Waals surface area contributed by atoms with Crippen LogP contribution in [0.25, 0.3) is 0 Å².